The first-order valence-corrected chi connectivity index (χ1v) is 14.5. The van der Waals surface area contributed by atoms with Crippen molar-refractivity contribution in [3.8, 4) is 0 Å². The first kappa shape index (κ1) is 25.7. The molecule has 7 nitrogen and oxygen atoms in total. The fourth-order valence-electron chi connectivity index (χ4n) is 3.10. The van der Waals surface area contributed by atoms with E-state index in [0.717, 1.165) is 11.8 Å². The lowest BCUT2D eigenvalue weighted by Crippen LogP contribution is -2.15. The van der Waals surface area contributed by atoms with Crippen molar-refractivity contribution in [1.82, 2.24) is 9.97 Å². The standard InChI is InChI=1S/C22H24F3N4O3PS/c1-14-10-16(33(2,3)30)8-9-19(14)28-21-27-13-18(22(23,24)25)20(29-21)26-12-15-6-5-7-17(11-15)34(4,31)32/h5-11,13H,12H2,1-4H3,(H2,26,27,28,29). The van der Waals surface area contributed by atoms with Gasteiger partial charge in [0.2, 0.25) is 5.95 Å². The van der Waals surface area contributed by atoms with Crippen LogP contribution in [-0.2, 0) is 27.1 Å². The maximum Gasteiger partial charge on any atom is 0.421 e. The number of aryl methyl sites for hydroxylation is 1. The average molecular weight is 512 g/mol. The van der Waals surface area contributed by atoms with Crippen molar-refractivity contribution >= 4 is 39.7 Å². The molecule has 0 aliphatic carbocycles. The Morgan fingerprint density at radius 3 is 2.38 bits per heavy atom. The monoisotopic (exact) mass is 512 g/mol. The van der Waals surface area contributed by atoms with E-state index in [0.29, 0.717) is 22.8 Å². The molecule has 3 aromatic rings. The zero-order valence-electron chi connectivity index (χ0n) is 18.9. The lowest BCUT2D eigenvalue weighted by atomic mass is 10.2. The highest BCUT2D eigenvalue weighted by Gasteiger charge is 2.35. The first-order valence-electron chi connectivity index (χ1n) is 10.0. The molecule has 0 radical (unpaired) electrons. The highest BCUT2D eigenvalue weighted by Crippen LogP contribution is 2.36. The van der Waals surface area contributed by atoms with Gasteiger partial charge in [-0.3, -0.25) is 0 Å². The summed E-state index contributed by atoms with van der Waals surface area (Å²) in [6, 6.07) is 11.0. The van der Waals surface area contributed by atoms with Crippen LogP contribution in [0.25, 0.3) is 0 Å². The lowest BCUT2D eigenvalue weighted by Gasteiger charge is -2.16. The summed E-state index contributed by atoms with van der Waals surface area (Å²) in [5.74, 6) is -0.511. The number of alkyl halides is 3. The van der Waals surface area contributed by atoms with Crippen molar-refractivity contribution in [2.45, 2.75) is 24.5 Å². The Balaban J connectivity index is 1.90. The molecule has 0 atom stereocenters. The van der Waals surface area contributed by atoms with E-state index in [-0.39, 0.29) is 17.4 Å². The van der Waals surface area contributed by atoms with Gasteiger partial charge in [0.15, 0.2) is 9.84 Å². The number of nitrogens with zero attached hydrogens (tertiary/aromatic N) is 2. The smallest absolute Gasteiger partial charge is 0.365 e. The van der Waals surface area contributed by atoms with E-state index in [1.54, 1.807) is 44.5 Å². The SMILES string of the molecule is Cc1cc(P(C)(C)=O)ccc1Nc1ncc(C(F)(F)F)c(NCc2cccc(S(C)(=O)=O)c2)n1. The van der Waals surface area contributed by atoms with Crippen LogP contribution in [0.5, 0.6) is 0 Å². The van der Waals surface area contributed by atoms with Crippen LogP contribution in [0.2, 0.25) is 0 Å². The summed E-state index contributed by atoms with van der Waals surface area (Å²) in [5, 5.41) is 6.22. The molecule has 0 aliphatic rings. The molecule has 0 saturated carbocycles. The summed E-state index contributed by atoms with van der Waals surface area (Å²) < 4.78 is 76.4. The molecule has 1 aromatic heterocycles. The van der Waals surface area contributed by atoms with Crippen LogP contribution in [0.3, 0.4) is 0 Å². The molecule has 12 heteroatoms. The molecule has 1 heterocycles. The second-order valence-corrected chi connectivity index (χ2v) is 13.4. The van der Waals surface area contributed by atoms with Crippen LogP contribution < -0.4 is 15.9 Å². The van der Waals surface area contributed by atoms with Gasteiger partial charge < -0.3 is 15.2 Å². The van der Waals surface area contributed by atoms with E-state index in [1.165, 1.54) is 18.2 Å². The van der Waals surface area contributed by atoms with Crippen molar-refractivity contribution in [2.75, 3.05) is 30.2 Å². The van der Waals surface area contributed by atoms with Crippen molar-refractivity contribution in [3.05, 3.63) is 65.4 Å². The lowest BCUT2D eigenvalue weighted by molar-refractivity contribution is -0.137. The van der Waals surface area contributed by atoms with E-state index in [1.807, 2.05) is 0 Å². The third-order valence-corrected chi connectivity index (χ3v) is 7.59. The second kappa shape index (κ2) is 9.38. The van der Waals surface area contributed by atoms with Gasteiger partial charge in [-0.2, -0.15) is 18.2 Å². The average Bonchev–Trinajstić information content (AvgIpc) is 2.72. The minimum atomic E-state index is -4.70. The predicted molar refractivity (Wildman–Crippen MR) is 127 cm³/mol. The number of hydrogen-bond acceptors (Lipinski definition) is 7. The summed E-state index contributed by atoms with van der Waals surface area (Å²) in [5.41, 5.74) is 0.710. The molecule has 0 spiro atoms. The molecule has 2 N–H and O–H groups in total. The third-order valence-electron chi connectivity index (χ3n) is 4.96. The highest BCUT2D eigenvalue weighted by molar-refractivity contribution is 7.90. The number of rotatable bonds is 7. The van der Waals surface area contributed by atoms with Crippen LogP contribution in [0.4, 0.5) is 30.6 Å². The topological polar surface area (TPSA) is 101 Å². The Hall–Kier alpha value is -2.91. The van der Waals surface area contributed by atoms with Crippen molar-refractivity contribution in [3.63, 3.8) is 0 Å². The summed E-state index contributed by atoms with van der Waals surface area (Å²) in [7, 11) is -5.92. The van der Waals surface area contributed by atoms with Crippen LogP contribution >= 0.6 is 7.14 Å². The van der Waals surface area contributed by atoms with Gasteiger partial charge in [0.25, 0.3) is 0 Å². The molecule has 0 aliphatic heterocycles. The van der Waals surface area contributed by atoms with Crippen LogP contribution in [0.15, 0.2) is 53.6 Å². The van der Waals surface area contributed by atoms with Crippen LogP contribution in [0.1, 0.15) is 16.7 Å². The largest absolute Gasteiger partial charge is 0.421 e. The minimum Gasteiger partial charge on any atom is -0.365 e. The van der Waals surface area contributed by atoms with E-state index < -0.39 is 34.5 Å². The third kappa shape index (κ3) is 6.36. The maximum atomic E-state index is 13.5. The molecule has 0 bridgehead atoms. The molecule has 182 valence electrons. The van der Waals surface area contributed by atoms with Crippen molar-refractivity contribution in [2.24, 2.45) is 0 Å². The molecular formula is C22H24F3N4O3PS. The fourth-order valence-corrected chi connectivity index (χ4v) is 4.73. The van der Waals surface area contributed by atoms with Gasteiger partial charge in [0.1, 0.15) is 18.5 Å². The van der Waals surface area contributed by atoms with Gasteiger partial charge >= 0.3 is 6.18 Å². The fraction of sp³-hybridized carbons (Fsp3) is 0.273. The van der Waals surface area contributed by atoms with E-state index in [9.17, 15) is 26.2 Å². The number of hydrogen-bond donors (Lipinski definition) is 2. The highest BCUT2D eigenvalue weighted by atomic mass is 32.2. The van der Waals surface area contributed by atoms with Gasteiger partial charge in [0.05, 0.1) is 4.90 Å². The Morgan fingerprint density at radius 1 is 1.09 bits per heavy atom. The Morgan fingerprint density at radius 2 is 1.79 bits per heavy atom. The van der Waals surface area contributed by atoms with Gasteiger partial charge in [-0.1, -0.05) is 12.1 Å². The molecule has 0 unspecified atom stereocenters. The van der Waals surface area contributed by atoms with E-state index in [4.69, 9.17) is 0 Å². The minimum absolute atomic E-state index is 0.0626. The number of anilines is 3. The normalized spacial score (nSPS) is 12.4. The summed E-state index contributed by atoms with van der Waals surface area (Å²) in [6.07, 6.45) is -2.96. The molecule has 3 rings (SSSR count). The Kier molecular flexibility index (Phi) is 7.10. The Labute approximate surface area is 196 Å². The number of benzene rings is 2. The van der Waals surface area contributed by atoms with E-state index >= 15 is 0 Å². The number of aromatic nitrogens is 2. The summed E-state index contributed by atoms with van der Waals surface area (Å²) >= 11 is 0. The number of halogens is 3. The van der Waals surface area contributed by atoms with Crippen LogP contribution in [0, 0.1) is 6.92 Å². The Bertz CT molecular complexity index is 1370. The molecular weight excluding hydrogens is 488 g/mol. The van der Waals surface area contributed by atoms with E-state index in [2.05, 4.69) is 20.6 Å². The first-order chi connectivity index (χ1) is 15.6. The van der Waals surface area contributed by atoms with Crippen LogP contribution in [-0.4, -0.2) is 38.0 Å². The number of nitrogens with one attached hydrogen (secondary N) is 2. The molecule has 2 aromatic carbocycles. The molecule has 0 fully saturated rings. The van der Waals surface area contributed by atoms with Gasteiger partial charge in [0, 0.05) is 30.0 Å². The number of sulfone groups is 1. The van der Waals surface area contributed by atoms with Gasteiger partial charge in [-0.05, 0) is 61.7 Å². The summed E-state index contributed by atoms with van der Waals surface area (Å²) in [4.78, 5) is 7.87. The molecule has 0 saturated heterocycles. The summed E-state index contributed by atoms with van der Waals surface area (Å²) in [6.45, 7) is 4.99. The molecule has 0 amide bonds. The second-order valence-electron chi connectivity index (χ2n) is 8.20. The quantitative estimate of drug-likeness (QED) is 0.438. The maximum absolute atomic E-state index is 13.5. The zero-order chi connectivity index (χ0) is 25.3. The molecule has 34 heavy (non-hydrogen) atoms. The van der Waals surface area contributed by atoms with Gasteiger partial charge in [-0.15, -0.1) is 0 Å². The van der Waals surface area contributed by atoms with Crippen molar-refractivity contribution in [1.29, 1.82) is 0 Å². The van der Waals surface area contributed by atoms with Crippen molar-refractivity contribution < 1.29 is 26.2 Å². The van der Waals surface area contributed by atoms with Gasteiger partial charge in [-0.25, -0.2) is 13.4 Å². The predicted octanol–water partition coefficient (Wildman–Crippen LogP) is 4.81. The zero-order valence-corrected chi connectivity index (χ0v) is 20.6.